The van der Waals surface area contributed by atoms with Crippen LogP contribution in [-0.4, -0.2) is 75.1 Å². The molecule has 1 heterocycles. The Kier molecular flexibility index (Phi) is 6.57. The van der Waals surface area contributed by atoms with Crippen molar-refractivity contribution in [2.45, 2.75) is 89.4 Å². The molecule has 0 aromatic heterocycles. The largest absolute Gasteiger partial charge is 0.394 e. The fraction of sp³-hybridized carbons (Fsp3) is 0.905. The molecule has 0 aromatic rings. The first-order chi connectivity index (χ1) is 13.1. The molecule has 28 heavy (non-hydrogen) atoms. The van der Waals surface area contributed by atoms with Gasteiger partial charge in [0.2, 0.25) is 0 Å². The van der Waals surface area contributed by atoms with Crippen molar-refractivity contribution in [3.05, 3.63) is 12.2 Å². The maximum atomic E-state index is 11.1. The monoisotopic (exact) mass is 400 g/mol. The zero-order chi connectivity index (χ0) is 20.8. The van der Waals surface area contributed by atoms with Crippen LogP contribution in [0.15, 0.2) is 12.2 Å². The van der Waals surface area contributed by atoms with Gasteiger partial charge in [0.05, 0.1) is 18.8 Å². The quantitative estimate of drug-likeness (QED) is 0.438. The summed E-state index contributed by atoms with van der Waals surface area (Å²) in [5.74, 6) is 0.484. The van der Waals surface area contributed by atoms with Crippen molar-refractivity contribution >= 4 is 0 Å². The summed E-state index contributed by atoms with van der Waals surface area (Å²) in [7, 11) is 0. The van der Waals surface area contributed by atoms with Gasteiger partial charge in [-0.3, -0.25) is 0 Å². The van der Waals surface area contributed by atoms with Gasteiger partial charge in [-0.05, 0) is 37.5 Å². The van der Waals surface area contributed by atoms with Gasteiger partial charge in [-0.15, -0.1) is 0 Å². The summed E-state index contributed by atoms with van der Waals surface area (Å²) < 4.78 is 11.7. The van der Waals surface area contributed by atoms with Crippen LogP contribution >= 0.6 is 0 Å². The van der Waals surface area contributed by atoms with Crippen LogP contribution in [0.25, 0.3) is 0 Å². The van der Waals surface area contributed by atoms with Crippen molar-refractivity contribution in [1.29, 1.82) is 0 Å². The summed E-state index contributed by atoms with van der Waals surface area (Å²) in [5, 5.41) is 50.9. The molecule has 5 N–H and O–H groups in total. The van der Waals surface area contributed by atoms with Crippen LogP contribution in [0.5, 0.6) is 0 Å². The van der Waals surface area contributed by atoms with Gasteiger partial charge in [0.1, 0.15) is 24.4 Å². The zero-order valence-corrected chi connectivity index (χ0v) is 17.1. The Labute approximate surface area is 167 Å². The molecule has 2 aliphatic carbocycles. The highest BCUT2D eigenvalue weighted by molar-refractivity contribution is 5.18. The number of rotatable bonds is 4. The molecule has 7 heteroatoms. The van der Waals surface area contributed by atoms with Crippen LogP contribution in [0.2, 0.25) is 0 Å². The maximum Gasteiger partial charge on any atom is 0.186 e. The first-order valence-electron chi connectivity index (χ1n) is 10.4. The van der Waals surface area contributed by atoms with Crippen molar-refractivity contribution in [3.8, 4) is 0 Å². The molecular formula is C21H36O7. The van der Waals surface area contributed by atoms with Gasteiger partial charge in [-0.25, -0.2) is 0 Å². The molecule has 7 nitrogen and oxygen atoms in total. The third-order valence-corrected chi connectivity index (χ3v) is 7.41. The smallest absolute Gasteiger partial charge is 0.186 e. The van der Waals surface area contributed by atoms with Crippen LogP contribution in [0.1, 0.15) is 46.5 Å². The molecular weight excluding hydrogens is 364 g/mol. The minimum absolute atomic E-state index is 0.0997. The third kappa shape index (κ3) is 3.67. The number of fused-ring (bicyclic) bond motifs is 1. The van der Waals surface area contributed by atoms with Crippen LogP contribution < -0.4 is 0 Å². The van der Waals surface area contributed by atoms with Gasteiger partial charge >= 0.3 is 0 Å². The van der Waals surface area contributed by atoms with E-state index in [0.29, 0.717) is 18.8 Å². The molecule has 3 rings (SSSR count). The van der Waals surface area contributed by atoms with Crippen LogP contribution in [-0.2, 0) is 9.47 Å². The molecule has 0 aromatic carbocycles. The standard InChI is InChI=1S/C21H36O7/c1-10(2)12-7-8-21(4)14(6-5-11(3)15(21)16(12)23)28-20-19(26)18(25)17(24)13(9-22)27-20/h10,12-20,22-26H,3,5-9H2,1-2,4H3/t12-,13-,14+,15+,16-,17-,18+,19-,20?,21-/m0/s1. The molecule has 0 radical (unpaired) electrons. The van der Waals surface area contributed by atoms with Crippen molar-refractivity contribution in [3.63, 3.8) is 0 Å². The van der Waals surface area contributed by atoms with Crippen molar-refractivity contribution in [2.24, 2.45) is 23.2 Å². The summed E-state index contributed by atoms with van der Waals surface area (Å²) in [6.45, 7) is 10.1. The highest BCUT2D eigenvalue weighted by atomic mass is 16.7. The Balaban J connectivity index is 1.80. The van der Waals surface area contributed by atoms with Gasteiger partial charge in [-0.1, -0.05) is 32.9 Å². The SMILES string of the molecule is C=C1CC[C@@H](OC2O[C@@H](CO)[C@H](O)[C@@H](O)[C@@H]2O)[C@]2(C)CC[C@@H](C(C)C)[C@H](O)[C@@H]12. The molecule has 0 bridgehead atoms. The lowest BCUT2D eigenvalue weighted by atomic mass is 9.53. The minimum Gasteiger partial charge on any atom is -0.394 e. The molecule has 3 fully saturated rings. The van der Waals surface area contributed by atoms with Crippen molar-refractivity contribution in [2.75, 3.05) is 6.61 Å². The van der Waals surface area contributed by atoms with E-state index in [-0.39, 0.29) is 23.4 Å². The predicted molar refractivity (Wildman–Crippen MR) is 102 cm³/mol. The van der Waals surface area contributed by atoms with E-state index >= 15 is 0 Å². The van der Waals surface area contributed by atoms with Crippen molar-refractivity contribution in [1.82, 2.24) is 0 Å². The van der Waals surface area contributed by atoms with E-state index in [1.165, 1.54) is 0 Å². The van der Waals surface area contributed by atoms with E-state index in [9.17, 15) is 25.5 Å². The Morgan fingerprint density at radius 1 is 1.11 bits per heavy atom. The van der Waals surface area contributed by atoms with Crippen molar-refractivity contribution < 1.29 is 35.0 Å². The molecule has 1 saturated heterocycles. The average molecular weight is 401 g/mol. The molecule has 10 atom stereocenters. The Morgan fingerprint density at radius 3 is 2.39 bits per heavy atom. The van der Waals surface area contributed by atoms with E-state index in [1.807, 2.05) is 0 Å². The number of hydrogen-bond acceptors (Lipinski definition) is 7. The van der Waals surface area contributed by atoms with Gasteiger partial charge in [0.25, 0.3) is 0 Å². The summed E-state index contributed by atoms with van der Waals surface area (Å²) in [6.07, 6.45) is -4.08. The second-order valence-corrected chi connectivity index (χ2v) is 9.44. The number of aliphatic hydroxyl groups is 5. The summed E-state index contributed by atoms with van der Waals surface area (Å²) in [4.78, 5) is 0. The minimum atomic E-state index is -1.46. The molecule has 0 spiro atoms. The molecule has 162 valence electrons. The molecule has 0 amide bonds. The normalized spacial score (nSPS) is 49.9. The topological polar surface area (TPSA) is 120 Å². The van der Waals surface area contributed by atoms with E-state index in [4.69, 9.17) is 9.47 Å². The molecule has 1 aliphatic heterocycles. The fourth-order valence-electron chi connectivity index (χ4n) is 5.60. The Hall–Kier alpha value is -0.540. The second-order valence-electron chi connectivity index (χ2n) is 9.44. The van der Waals surface area contributed by atoms with Crippen LogP contribution in [0, 0.1) is 23.2 Å². The second kappa shape index (κ2) is 8.30. The third-order valence-electron chi connectivity index (χ3n) is 7.41. The zero-order valence-electron chi connectivity index (χ0n) is 17.1. The first-order valence-corrected chi connectivity index (χ1v) is 10.4. The van der Waals surface area contributed by atoms with Gasteiger partial charge in [-0.2, -0.15) is 0 Å². The lowest BCUT2D eigenvalue weighted by molar-refractivity contribution is -0.325. The molecule has 1 unspecified atom stereocenters. The van der Waals surface area contributed by atoms with Crippen LogP contribution in [0.4, 0.5) is 0 Å². The van der Waals surface area contributed by atoms with Crippen LogP contribution in [0.3, 0.4) is 0 Å². The van der Waals surface area contributed by atoms with E-state index in [2.05, 4.69) is 27.4 Å². The highest BCUT2D eigenvalue weighted by Gasteiger charge is 2.55. The number of ether oxygens (including phenoxy) is 2. The number of aliphatic hydroxyl groups excluding tert-OH is 5. The predicted octanol–water partition coefficient (Wildman–Crippen LogP) is 0.571. The van der Waals surface area contributed by atoms with Gasteiger partial charge in [0.15, 0.2) is 6.29 Å². The maximum absolute atomic E-state index is 11.1. The Bertz CT molecular complexity index is 565. The highest BCUT2D eigenvalue weighted by Crippen LogP contribution is 2.55. The summed E-state index contributed by atoms with van der Waals surface area (Å²) >= 11 is 0. The van der Waals surface area contributed by atoms with E-state index < -0.39 is 43.4 Å². The lowest BCUT2D eigenvalue weighted by Gasteiger charge is -2.56. The summed E-state index contributed by atoms with van der Waals surface area (Å²) in [5.41, 5.74) is 0.674. The van der Waals surface area contributed by atoms with E-state index in [1.54, 1.807) is 0 Å². The Morgan fingerprint density at radius 2 is 1.79 bits per heavy atom. The van der Waals surface area contributed by atoms with Gasteiger partial charge < -0.3 is 35.0 Å². The molecule has 2 saturated carbocycles. The van der Waals surface area contributed by atoms with Gasteiger partial charge in [0, 0.05) is 11.3 Å². The molecule has 3 aliphatic rings. The first kappa shape index (κ1) is 22.2. The van der Waals surface area contributed by atoms with E-state index in [0.717, 1.165) is 18.4 Å². The fourth-order valence-corrected chi connectivity index (χ4v) is 5.60. The lowest BCUT2D eigenvalue weighted by Crippen LogP contribution is -2.62. The number of hydrogen-bond donors (Lipinski definition) is 5. The average Bonchev–Trinajstić information content (AvgIpc) is 2.63. The summed E-state index contributed by atoms with van der Waals surface area (Å²) in [6, 6.07) is 0.